The Kier molecular flexibility index (Phi) is 3.78. The third-order valence-electron chi connectivity index (χ3n) is 2.67. The fourth-order valence-corrected chi connectivity index (χ4v) is 2.26. The van der Waals surface area contributed by atoms with Gasteiger partial charge < -0.3 is 14.2 Å². The quantitative estimate of drug-likeness (QED) is 0.784. The van der Waals surface area contributed by atoms with E-state index in [4.69, 9.17) is 49.0 Å². The number of ether oxygens (including phenoxy) is 3. The van der Waals surface area contributed by atoms with Gasteiger partial charge in [0.1, 0.15) is 11.6 Å². The van der Waals surface area contributed by atoms with E-state index in [-0.39, 0.29) is 29.5 Å². The van der Waals surface area contributed by atoms with Gasteiger partial charge in [0, 0.05) is 0 Å². The number of fused-ring (bicyclic) bond motifs is 1. The normalized spacial score (nSPS) is 12.6. The molecule has 0 saturated carbocycles. The number of benzene rings is 1. The van der Waals surface area contributed by atoms with Crippen LogP contribution in [0.4, 0.5) is 0 Å². The van der Waals surface area contributed by atoms with E-state index in [0.29, 0.717) is 10.8 Å². The minimum absolute atomic E-state index is 0.150. The first-order valence-corrected chi connectivity index (χ1v) is 6.80. The Balaban J connectivity index is 1.75. The van der Waals surface area contributed by atoms with Crippen molar-refractivity contribution in [3.05, 3.63) is 45.0 Å². The van der Waals surface area contributed by atoms with Gasteiger partial charge in [0.15, 0.2) is 16.7 Å². The van der Waals surface area contributed by atoms with Crippen molar-refractivity contribution in [2.75, 3.05) is 6.79 Å². The van der Waals surface area contributed by atoms with Crippen LogP contribution in [-0.2, 0) is 6.61 Å². The van der Waals surface area contributed by atoms with Crippen LogP contribution >= 0.6 is 34.8 Å². The number of aromatic nitrogens is 1. The highest BCUT2D eigenvalue weighted by atomic mass is 35.5. The van der Waals surface area contributed by atoms with Crippen molar-refractivity contribution in [2.45, 2.75) is 6.61 Å². The predicted octanol–water partition coefficient (Wildman–Crippen LogP) is 4.35. The van der Waals surface area contributed by atoms with Crippen LogP contribution in [0.2, 0.25) is 15.2 Å². The maximum absolute atomic E-state index is 5.99. The number of rotatable bonds is 3. The third-order valence-corrected chi connectivity index (χ3v) is 3.61. The lowest BCUT2D eigenvalue weighted by atomic mass is 10.2. The van der Waals surface area contributed by atoms with Crippen LogP contribution < -0.4 is 14.2 Å². The molecule has 2 aromatic rings. The van der Waals surface area contributed by atoms with E-state index in [1.165, 1.54) is 6.07 Å². The molecule has 2 heterocycles. The molecule has 4 nitrogen and oxygen atoms in total. The topological polar surface area (TPSA) is 40.6 Å². The number of pyridine rings is 1. The Morgan fingerprint density at radius 2 is 1.85 bits per heavy atom. The highest BCUT2D eigenvalue weighted by Gasteiger charge is 2.14. The lowest BCUT2D eigenvalue weighted by molar-refractivity contribution is 0.174. The monoisotopic (exact) mass is 331 g/mol. The molecule has 0 fully saturated rings. The van der Waals surface area contributed by atoms with E-state index in [2.05, 4.69) is 4.98 Å². The molecule has 1 aliphatic heterocycles. The zero-order chi connectivity index (χ0) is 14.1. The molecule has 0 atom stereocenters. The minimum atomic E-state index is 0.150. The van der Waals surface area contributed by atoms with Crippen LogP contribution in [0.15, 0.2) is 24.3 Å². The highest BCUT2D eigenvalue weighted by Crippen LogP contribution is 2.34. The zero-order valence-corrected chi connectivity index (χ0v) is 12.3. The lowest BCUT2D eigenvalue weighted by Gasteiger charge is -2.08. The van der Waals surface area contributed by atoms with Gasteiger partial charge in [-0.2, -0.15) is 4.98 Å². The summed E-state index contributed by atoms with van der Waals surface area (Å²) >= 11 is 17.6. The highest BCUT2D eigenvalue weighted by molar-refractivity contribution is 6.42. The van der Waals surface area contributed by atoms with Gasteiger partial charge in [0.2, 0.25) is 12.7 Å². The van der Waals surface area contributed by atoms with Crippen molar-refractivity contribution in [3.63, 3.8) is 0 Å². The smallest absolute Gasteiger partial charge is 0.234 e. The zero-order valence-electron chi connectivity index (χ0n) is 10.0. The molecule has 0 aliphatic carbocycles. The summed E-state index contributed by atoms with van der Waals surface area (Å²) in [5.74, 6) is 1.65. The molecule has 3 rings (SSSR count). The van der Waals surface area contributed by atoms with Crippen molar-refractivity contribution >= 4 is 34.8 Å². The number of nitrogens with zero attached hydrogens (tertiary/aromatic N) is 1. The maximum Gasteiger partial charge on any atom is 0.234 e. The summed E-state index contributed by atoms with van der Waals surface area (Å²) < 4.78 is 16.1. The van der Waals surface area contributed by atoms with Crippen LogP contribution in [0.5, 0.6) is 17.4 Å². The Bertz CT molecular complexity index is 664. The molecular weight excluding hydrogens is 325 g/mol. The summed E-state index contributed by atoms with van der Waals surface area (Å²) in [7, 11) is 0. The number of halogens is 3. The van der Waals surface area contributed by atoms with Crippen molar-refractivity contribution in [2.24, 2.45) is 0 Å². The Morgan fingerprint density at radius 3 is 2.70 bits per heavy atom. The van der Waals surface area contributed by atoms with Gasteiger partial charge in [-0.05, 0) is 23.8 Å². The van der Waals surface area contributed by atoms with E-state index in [1.54, 1.807) is 0 Å². The van der Waals surface area contributed by atoms with Crippen LogP contribution in [0.3, 0.4) is 0 Å². The van der Waals surface area contributed by atoms with Gasteiger partial charge >= 0.3 is 0 Å². The molecule has 0 saturated heterocycles. The first-order valence-electron chi connectivity index (χ1n) is 5.66. The molecule has 0 unspecified atom stereocenters. The van der Waals surface area contributed by atoms with Gasteiger partial charge in [-0.1, -0.05) is 40.9 Å². The maximum atomic E-state index is 5.99. The average Bonchev–Trinajstić information content (AvgIpc) is 2.89. The molecule has 7 heteroatoms. The number of hydrogen-bond donors (Lipinski definition) is 0. The van der Waals surface area contributed by atoms with Gasteiger partial charge in [-0.25, -0.2) is 0 Å². The molecule has 1 aliphatic rings. The third kappa shape index (κ3) is 2.73. The molecule has 1 aromatic heterocycles. The van der Waals surface area contributed by atoms with Gasteiger partial charge in [0.05, 0.1) is 5.02 Å². The second-order valence-electron chi connectivity index (χ2n) is 4.02. The summed E-state index contributed by atoms with van der Waals surface area (Å²) in [6.07, 6.45) is 0. The summed E-state index contributed by atoms with van der Waals surface area (Å²) in [6.45, 7) is 0.515. The molecule has 0 amide bonds. The van der Waals surface area contributed by atoms with Crippen molar-refractivity contribution in [1.82, 2.24) is 4.98 Å². The SMILES string of the molecule is Clc1cc(Cl)c(OCc2ccc3c(c2)OCO3)nc1Cl. The summed E-state index contributed by atoms with van der Waals surface area (Å²) in [5.41, 5.74) is 0.901. The largest absolute Gasteiger partial charge is 0.472 e. The summed E-state index contributed by atoms with van der Waals surface area (Å²) in [6, 6.07) is 7.03. The summed E-state index contributed by atoms with van der Waals surface area (Å²) in [4.78, 5) is 3.98. The van der Waals surface area contributed by atoms with Crippen molar-refractivity contribution in [1.29, 1.82) is 0 Å². The van der Waals surface area contributed by atoms with Crippen molar-refractivity contribution < 1.29 is 14.2 Å². The summed E-state index contributed by atoms with van der Waals surface area (Å²) in [5, 5.41) is 0.740. The Labute approximate surface area is 130 Å². The van der Waals surface area contributed by atoms with E-state index in [1.807, 2.05) is 18.2 Å². The standard InChI is InChI=1S/C13H8Cl3NO3/c14-8-4-9(15)13(17-12(8)16)18-5-7-1-2-10-11(3-7)20-6-19-10/h1-4H,5-6H2. The van der Waals surface area contributed by atoms with E-state index < -0.39 is 0 Å². The number of hydrogen-bond acceptors (Lipinski definition) is 4. The van der Waals surface area contributed by atoms with E-state index in [0.717, 1.165) is 11.3 Å². The molecule has 0 spiro atoms. The fraction of sp³-hybridized carbons (Fsp3) is 0.154. The minimum Gasteiger partial charge on any atom is -0.472 e. The molecule has 0 bridgehead atoms. The fourth-order valence-electron chi connectivity index (χ4n) is 1.71. The van der Waals surface area contributed by atoms with Crippen LogP contribution in [-0.4, -0.2) is 11.8 Å². The van der Waals surface area contributed by atoms with Crippen LogP contribution in [0, 0.1) is 0 Å². The van der Waals surface area contributed by atoms with E-state index in [9.17, 15) is 0 Å². The first kappa shape index (κ1) is 13.6. The first-order chi connectivity index (χ1) is 9.63. The lowest BCUT2D eigenvalue weighted by Crippen LogP contribution is -1.98. The molecule has 0 radical (unpaired) electrons. The van der Waals surface area contributed by atoms with E-state index >= 15 is 0 Å². The Morgan fingerprint density at radius 1 is 1.05 bits per heavy atom. The van der Waals surface area contributed by atoms with Gasteiger partial charge in [-0.3, -0.25) is 0 Å². The van der Waals surface area contributed by atoms with Gasteiger partial charge in [-0.15, -0.1) is 0 Å². The molecule has 0 N–H and O–H groups in total. The Hall–Kier alpha value is -1.36. The molecule has 104 valence electrons. The van der Waals surface area contributed by atoms with Gasteiger partial charge in [0.25, 0.3) is 0 Å². The average molecular weight is 333 g/mol. The predicted molar refractivity (Wildman–Crippen MR) is 76.2 cm³/mol. The molecule has 20 heavy (non-hydrogen) atoms. The second-order valence-corrected chi connectivity index (χ2v) is 5.20. The van der Waals surface area contributed by atoms with Crippen molar-refractivity contribution in [3.8, 4) is 17.4 Å². The van der Waals surface area contributed by atoms with Crippen LogP contribution in [0.25, 0.3) is 0 Å². The van der Waals surface area contributed by atoms with Crippen LogP contribution in [0.1, 0.15) is 5.56 Å². The second kappa shape index (κ2) is 5.56. The molecular formula is C13H8Cl3NO3. The molecule has 1 aromatic carbocycles.